The number of halogens is 1. The number of nitroso groups, excluding NO2 is 1. The lowest BCUT2D eigenvalue weighted by atomic mass is 10.3. The maximum Gasteiger partial charge on any atom is 0.180 e. The number of hydrogen-bond acceptors (Lipinski definition) is 3. The van der Waals surface area contributed by atoms with Gasteiger partial charge in [-0.15, -0.1) is 4.91 Å². The first-order valence-corrected chi connectivity index (χ1v) is 3.18. The van der Waals surface area contributed by atoms with Gasteiger partial charge in [-0.1, -0.05) is 0 Å². The number of hydrogen-bond donors (Lipinski definition) is 1. The average Bonchev–Trinajstić information content (AvgIpc) is 2.09. The molecule has 12 heavy (non-hydrogen) atoms. The van der Waals surface area contributed by atoms with Crippen molar-refractivity contribution in [2.45, 2.75) is 0 Å². The van der Waals surface area contributed by atoms with E-state index in [2.05, 4.69) is 15.7 Å². The number of nitrogens with zero attached hydrogens (tertiary/aromatic N) is 2. The summed E-state index contributed by atoms with van der Waals surface area (Å²) in [4.78, 5) is 9.55. The fourth-order valence-corrected chi connectivity index (χ4v) is 0.651. The Kier molecular flexibility index (Phi) is 2.89. The molecule has 1 rings (SSSR count). The highest BCUT2D eigenvalue weighted by molar-refractivity contribution is 5.57. The van der Waals surface area contributed by atoms with Crippen molar-refractivity contribution in [1.29, 1.82) is 0 Å². The van der Waals surface area contributed by atoms with Crippen molar-refractivity contribution in [2.75, 3.05) is 5.43 Å². The van der Waals surface area contributed by atoms with Crippen LogP contribution in [0.15, 0.2) is 34.5 Å². The van der Waals surface area contributed by atoms with E-state index in [-0.39, 0.29) is 5.82 Å². The molecule has 0 bridgehead atoms. The van der Waals surface area contributed by atoms with Crippen molar-refractivity contribution >= 4 is 12.0 Å². The zero-order valence-electron chi connectivity index (χ0n) is 6.07. The largest absolute Gasteiger partial charge is 0.277 e. The van der Waals surface area contributed by atoms with E-state index in [1.165, 1.54) is 24.3 Å². The quantitative estimate of drug-likeness (QED) is 0.323. The molecule has 1 aromatic rings. The molecular weight excluding hydrogens is 161 g/mol. The molecule has 0 aliphatic rings. The molecule has 0 unspecified atom stereocenters. The first kappa shape index (κ1) is 8.32. The summed E-state index contributed by atoms with van der Waals surface area (Å²) in [6, 6.07) is 5.56. The topological polar surface area (TPSA) is 53.8 Å². The van der Waals surface area contributed by atoms with E-state index in [9.17, 15) is 9.30 Å². The summed E-state index contributed by atoms with van der Waals surface area (Å²) in [6.07, 6.45) is 0.823. The molecule has 0 fully saturated rings. The minimum atomic E-state index is -0.321. The van der Waals surface area contributed by atoms with Crippen LogP contribution >= 0.6 is 0 Å². The van der Waals surface area contributed by atoms with Crippen molar-refractivity contribution in [1.82, 2.24) is 0 Å². The summed E-state index contributed by atoms with van der Waals surface area (Å²) in [7, 11) is 0. The molecular formula is C7H6FN3O. The Morgan fingerprint density at radius 2 is 2.00 bits per heavy atom. The van der Waals surface area contributed by atoms with Gasteiger partial charge < -0.3 is 0 Å². The van der Waals surface area contributed by atoms with Gasteiger partial charge in [0.1, 0.15) is 5.82 Å². The van der Waals surface area contributed by atoms with E-state index in [4.69, 9.17) is 0 Å². The second-order valence-electron chi connectivity index (χ2n) is 1.97. The number of rotatable bonds is 3. The maximum absolute atomic E-state index is 12.3. The minimum Gasteiger partial charge on any atom is -0.277 e. The Bertz CT molecular complexity index is 283. The normalized spacial score (nSPS) is 10.1. The highest BCUT2D eigenvalue weighted by atomic mass is 19.1. The fraction of sp³-hybridized carbons (Fsp3) is 0. The third-order valence-electron chi connectivity index (χ3n) is 1.14. The molecule has 1 aromatic carbocycles. The molecule has 0 heterocycles. The highest BCUT2D eigenvalue weighted by Gasteiger charge is 1.89. The number of benzene rings is 1. The number of nitrogens with one attached hydrogen (secondary N) is 1. The smallest absolute Gasteiger partial charge is 0.180 e. The lowest BCUT2D eigenvalue weighted by molar-refractivity contribution is 0.628. The maximum atomic E-state index is 12.3. The predicted octanol–water partition coefficient (Wildman–Crippen LogP) is 1.95. The van der Waals surface area contributed by atoms with Gasteiger partial charge in [0.25, 0.3) is 0 Å². The first-order valence-electron chi connectivity index (χ1n) is 3.18. The van der Waals surface area contributed by atoms with Crippen molar-refractivity contribution < 1.29 is 4.39 Å². The van der Waals surface area contributed by atoms with Crippen LogP contribution in [0.3, 0.4) is 0 Å². The van der Waals surface area contributed by atoms with E-state index in [1.807, 2.05) is 0 Å². The fourth-order valence-electron chi connectivity index (χ4n) is 0.651. The van der Waals surface area contributed by atoms with Gasteiger partial charge in [-0.3, -0.25) is 5.43 Å². The summed E-state index contributed by atoms with van der Waals surface area (Å²) in [6.45, 7) is 0. The van der Waals surface area contributed by atoms with Crippen LogP contribution in [0.1, 0.15) is 0 Å². The van der Waals surface area contributed by atoms with Gasteiger partial charge in [0.2, 0.25) is 0 Å². The summed E-state index contributed by atoms with van der Waals surface area (Å²) in [5.41, 5.74) is 3.08. The van der Waals surface area contributed by atoms with Gasteiger partial charge in [0, 0.05) is 0 Å². The Morgan fingerprint density at radius 1 is 1.33 bits per heavy atom. The molecule has 1 N–H and O–H groups in total. The van der Waals surface area contributed by atoms with Gasteiger partial charge in [-0.2, -0.15) is 5.10 Å². The summed E-state index contributed by atoms with van der Waals surface area (Å²) in [5.74, 6) is -0.321. The Labute approximate surface area is 68.1 Å². The molecule has 0 saturated heterocycles. The van der Waals surface area contributed by atoms with Crippen LogP contribution in [-0.4, -0.2) is 6.34 Å². The molecule has 0 atom stereocenters. The van der Waals surface area contributed by atoms with Crippen LogP contribution in [0, 0.1) is 10.7 Å². The van der Waals surface area contributed by atoms with E-state index >= 15 is 0 Å². The summed E-state index contributed by atoms with van der Waals surface area (Å²) in [5, 5.41) is 5.80. The Balaban J connectivity index is 2.58. The average molecular weight is 167 g/mol. The van der Waals surface area contributed by atoms with Crippen molar-refractivity contribution in [2.24, 2.45) is 10.3 Å². The van der Waals surface area contributed by atoms with Crippen LogP contribution in [0.25, 0.3) is 0 Å². The van der Waals surface area contributed by atoms with Crippen molar-refractivity contribution in [3.63, 3.8) is 0 Å². The minimum absolute atomic E-state index is 0.321. The van der Waals surface area contributed by atoms with Gasteiger partial charge in [0.15, 0.2) is 6.34 Å². The van der Waals surface area contributed by atoms with Gasteiger partial charge >= 0.3 is 0 Å². The zero-order chi connectivity index (χ0) is 8.81. The lowest BCUT2D eigenvalue weighted by Gasteiger charge is -1.96. The van der Waals surface area contributed by atoms with Gasteiger partial charge in [0.05, 0.1) is 5.69 Å². The van der Waals surface area contributed by atoms with E-state index in [1.54, 1.807) is 0 Å². The molecule has 0 amide bonds. The van der Waals surface area contributed by atoms with E-state index < -0.39 is 0 Å². The van der Waals surface area contributed by atoms with Gasteiger partial charge in [-0.25, -0.2) is 4.39 Å². The van der Waals surface area contributed by atoms with Gasteiger partial charge in [-0.05, 0) is 29.4 Å². The van der Waals surface area contributed by atoms with E-state index in [0.29, 0.717) is 5.69 Å². The molecule has 0 saturated carbocycles. The molecule has 0 aromatic heterocycles. The van der Waals surface area contributed by atoms with Crippen molar-refractivity contribution in [3.8, 4) is 0 Å². The first-order chi connectivity index (χ1) is 5.83. The van der Waals surface area contributed by atoms with E-state index in [0.717, 1.165) is 6.34 Å². The third kappa shape index (κ3) is 2.45. The monoisotopic (exact) mass is 167 g/mol. The summed E-state index contributed by atoms with van der Waals surface area (Å²) >= 11 is 0. The third-order valence-corrected chi connectivity index (χ3v) is 1.14. The Morgan fingerprint density at radius 3 is 2.58 bits per heavy atom. The zero-order valence-corrected chi connectivity index (χ0v) is 6.07. The number of anilines is 1. The molecule has 0 spiro atoms. The second kappa shape index (κ2) is 4.17. The molecule has 0 radical (unpaired) electrons. The number of hydrazone groups is 1. The molecule has 0 aliphatic carbocycles. The van der Waals surface area contributed by atoms with Crippen LogP contribution in [0.2, 0.25) is 0 Å². The van der Waals surface area contributed by atoms with Crippen molar-refractivity contribution in [3.05, 3.63) is 35.0 Å². The Hall–Kier alpha value is -1.78. The lowest BCUT2D eigenvalue weighted by Crippen LogP contribution is -1.87. The van der Waals surface area contributed by atoms with Crippen LogP contribution in [-0.2, 0) is 0 Å². The molecule has 5 heteroatoms. The molecule has 0 aliphatic heterocycles. The molecule has 62 valence electrons. The highest BCUT2D eigenvalue weighted by Crippen LogP contribution is 2.07. The van der Waals surface area contributed by atoms with Crippen LogP contribution in [0.4, 0.5) is 10.1 Å². The SMILES string of the molecule is O=N/C=N/Nc1ccc(F)cc1. The summed E-state index contributed by atoms with van der Waals surface area (Å²) < 4.78 is 12.3. The predicted molar refractivity (Wildman–Crippen MR) is 44.3 cm³/mol. The van der Waals surface area contributed by atoms with Crippen LogP contribution in [0.5, 0.6) is 0 Å². The molecule has 4 nitrogen and oxygen atoms in total. The standard InChI is InChI=1S/C7H6FN3O/c8-6-1-3-7(4-2-6)11-9-5-10-12/h1-5,11H/b9-5+. The second-order valence-corrected chi connectivity index (χ2v) is 1.97. The van der Waals surface area contributed by atoms with Crippen LogP contribution < -0.4 is 5.43 Å².